The summed E-state index contributed by atoms with van der Waals surface area (Å²) in [4.78, 5) is 10.8. The van der Waals surface area contributed by atoms with Gasteiger partial charge in [-0.25, -0.2) is 4.68 Å². The van der Waals surface area contributed by atoms with Crippen LogP contribution in [0.5, 0.6) is 0 Å². The first-order valence-corrected chi connectivity index (χ1v) is 6.48. The molecule has 1 N–H and O–H groups in total. The predicted octanol–water partition coefficient (Wildman–Crippen LogP) is 2.35. The Hall–Kier alpha value is -1.63. The van der Waals surface area contributed by atoms with Crippen LogP contribution in [0.4, 0.5) is 11.5 Å². The van der Waals surface area contributed by atoms with Crippen molar-refractivity contribution < 1.29 is 9.66 Å². The fraction of sp³-hybridized carbons (Fsp3) is 0.750. The minimum absolute atomic E-state index is 0.0673. The van der Waals surface area contributed by atoms with Crippen LogP contribution in [0.2, 0.25) is 0 Å². The summed E-state index contributed by atoms with van der Waals surface area (Å²) in [7, 11) is 1.64. The first-order valence-electron chi connectivity index (χ1n) is 6.48. The first-order chi connectivity index (χ1) is 9.01. The summed E-state index contributed by atoms with van der Waals surface area (Å²) in [6.07, 6.45) is 1.66. The molecular formula is C12H22N4O3. The van der Waals surface area contributed by atoms with E-state index in [1.54, 1.807) is 18.7 Å². The van der Waals surface area contributed by atoms with Crippen molar-refractivity contribution in [1.82, 2.24) is 9.78 Å². The average molecular weight is 270 g/mol. The third-order valence-electron chi connectivity index (χ3n) is 2.85. The van der Waals surface area contributed by atoms with Crippen LogP contribution in [0, 0.1) is 17.0 Å². The zero-order valence-corrected chi connectivity index (χ0v) is 12.0. The Kier molecular flexibility index (Phi) is 5.75. The summed E-state index contributed by atoms with van der Waals surface area (Å²) >= 11 is 0. The van der Waals surface area contributed by atoms with Crippen LogP contribution < -0.4 is 5.32 Å². The molecule has 0 aliphatic carbocycles. The molecule has 0 aliphatic rings. The zero-order valence-electron chi connectivity index (χ0n) is 12.0. The Bertz CT molecular complexity index is 431. The molecule has 0 saturated heterocycles. The van der Waals surface area contributed by atoms with Crippen LogP contribution in [0.25, 0.3) is 0 Å². The number of methoxy groups -OCH3 is 1. The third-order valence-corrected chi connectivity index (χ3v) is 2.85. The van der Waals surface area contributed by atoms with Gasteiger partial charge in [-0.15, -0.1) is 0 Å². The SMILES string of the molecule is CCCn1nc(C)c([N+](=O)[O-])c1NC(C)CCOC. The molecule has 1 rings (SSSR count). The van der Waals surface area contributed by atoms with Crippen molar-refractivity contribution in [3.63, 3.8) is 0 Å². The fourth-order valence-corrected chi connectivity index (χ4v) is 1.91. The highest BCUT2D eigenvalue weighted by Crippen LogP contribution is 2.29. The van der Waals surface area contributed by atoms with E-state index in [2.05, 4.69) is 10.4 Å². The molecule has 0 radical (unpaired) electrons. The van der Waals surface area contributed by atoms with Gasteiger partial charge in [0, 0.05) is 26.3 Å². The van der Waals surface area contributed by atoms with Gasteiger partial charge < -0.3 is 10.1 Å². The molecule has 1 heterocycles. The van der Waals surface area contributed by atoms with Gasteiger partial charge in [0.15, 0.2) is 0 Å². The van der Waals surface area contributed by atoms with E-state index >= 15 is 0 Å². The van der Waals surface area contributed by atoms with Crippen molar-refractivity contribution in [3.05, 3.63) is 15.8 Å². The van der Waals surface area contributed by atoms with E-state index in [1.165, 1.54) is 0 Å². The molecule has 0 spiro atoms. The van der Waals surface area contributed by atoms with Crippen molar-refractivity contribution in [3.8, 4) is 0 Å². The van der Waals surface area contributed by atoms with Gasteiger partial charge in [-0.05, 0) is 26.7 Å². The number of aromatic nitrogens is 2. The summed E-state index contributed by atoms with van der Waals surface area (Å²) in [5, 5.41) is 18.6. The largest absolute Gasteiger partial charge is 0.385 e. The van der Waals surface area contributed by atoms with E-state index in [0.29, 0.717) is 24.7 Å². The lowest BCUT2D eigenvalue weighted by atomic mass is 10.2. The fourth-order valence-electron chi connectivity index (χ4n) is 1.91. The molecule has 7 nitrogen and oxygen atoms in total. The standard InChI is InChI=1S/C12H22N4O3/c1-5-7-15-12(13-9(2)6-8-19-4)11(16(17)18)10(3)14-15/h9,13H,5-8H2,1-4H3. The maximum Gasteiger partial charge on any atom is 0.333 e. The molecule has 1 aromatic heterocycles. The molecule has 0 aromatic carbocycles. The topological polar surface area (TPSA) is 82.2 Å². The summed E-state index contributed by atoms with van der Waals surface area (Å²) in [5.74, 6) is 0.493. The predicted molar refractivity (Wildman–Crippen MR) is 73.5 cm³/mol. The van der Waals surface area contributed by atoms with Crippen LogP contribution in [0.3, 0.4) is 0 Å². The van der Waals surface area contributed by atoms with Gasteiger partial charge in [0.1, 0.15) is 5.69 Å². The van der Waals surface area contributed by atoms with E-state index in [0.717, 1.165) is 12.8 Å². The number of hydrogen-bond acceptors (Lipinski definition) is 5. The summed E-state index contributed by atoms with van der Waals surface area (Å²) in [6, 6.07) is 0.0883. The monoisotopic (exact) mass is 270 g/mol. The Morgan fingerprint density at radius 3 is 2.79 bits per heavy atom. The second-order valence-corrected chi connectivity index (χ2v) is 4.59. The number of hydrogen-bond donors (Lipinski definition) is 1. The van der Waals surface area contributed by atoms with Crippen molar-refractivity contribution in [2.24, 2.45) is 0 Å². The van der Waals surface area contributed by atoms with Crippen LogP contribution in [0.15, 0.2) is 0 Å². The molecule has 1 aromatic rings. The molecule has 0 amide bonds. The highest BCUT2D eigenvalue weighted by molar-refractivity contribution is 5.59. The summed E-state index contributed by atoms with van der Waals surface area (Å²) in [5.41, 5.74) is 0.512. The Labute approximate surface area is 113 Å². The first kappa shape index (κ1) is 15.4. The second-order valence-electron chi connectivity index (χ2n) is 4.59. The maximum absolute atomic E-state index is 11.1. The third kappa shape index (κ3) is 3.92. The van der Waals surface area contributed by atoms with Gasteiger partial charge in [0.2, 0.25) is 5.82 Å². The molecule has 0 bridgehead atoms. The molecular weight excluding hydrogens is 248 g/mol. The van der Waals surface area contributed by atoms with Gasteiger partial charge in [-0.2, -0.15) is 5.10 Å². The van der Waals surface area contributed by atoms with Crippen molar-refractivity contribution >= 4 is 11.5 Å². The van der Waals surface area contributed by atoms with E-state index in [1.807, 2.05) is 13.8 Å². The smallest absolute Gasteiger partial charge is 0.333 e. The highest BCUT2D eigenvalue weighted by atomic mass is 16.6. The van der Waals surface area contributed by atoms with Crippen molar-refractivity contribution in [2.45, 2.75) is 46.2 Å². The van der Waals surface area contributed by atoms with Gasteiger partial charge in [-0.1, -0.05) is 6.92 Å². The number of nitrogens with one attached hydrogen (secondary N) is 1. The van der Waals surface area contributed by atoms with Crippen LogP contribution >= 0.6 is 0 Å². The van der Waals surface area contributed by atoms with E-state index in [4.69, 9.17) is 4.74 Å². The highest BCUT2D eigenvalue weighted by Gasteiger charge is 2.25. The van der Waals surface area contributed by atoms with Crippen molar-refractivity contribution in [1.29, 1.82) is 0 Å². The quantitative estimate of drug-likeness (QED) is 0.579. The van der Waals surface area contributed by atoms with E-state index in [9.17, 15) is 10.1 Å². The number of aryl methyl sites for hydroxylation is 2. The lowest BCUT2D eigenvalue weighted by molar-refractivity contribution is -0.384. The molecule has 1 unspecified atom stereocenters. The lowest BCUT2D eigenvalue weighted by Crippen LogP contribution is -2.20. The molecule has 108 valence electrons. The summed E-state index contributed by atoms with van der Waals surface area (Å²) in [6.45, 7) is 6.93. The Balaban J connectivity index is 2.97. The normalized spacial score (nSPS) is 12.4. The van der Waals surface area contributed by atoms with Crippen molar-refractivity contribution in [2.75, 3.05) is 19.0 Å². The second kappa shape index (κ2) is 7.08. The number of nitro groups is 1. The van der Waals surface area contributed by atoms with Gasteiger partial charge in [0.25, 0.3) is 0 Å². The summed E-state index contributed by atoms with van der Waals surface area (Å²) < 4.78 is 6.69. The minimum atomic E-state index is -0.375. The van der Waals surface area contributed by atoms with Crippen LogP contribution in [-0.4, -0.2) is 34.5 Å². The van der Waals surface area contributed by atoms with Gasteiger partial charge >= 0.3 is 5.69 Å². The molecule has 0 fully saturated rings. The van der Waals surface area contributed by atoms with Crippen LogP contribution in [0.1, 0.15) is 32.4 Å². The average Bonchev–Trinajstić information content (AvgIpc) is 2.63. The Morgan fingerprint density at radius 1 is 1.58 bits per heavy atom. The van der Waals surface area contributed by atoms with E-state index in [-0.39, 0.29) is 16.7 Å². The molecule has 0 saturated carbocycles. The van der Waals surface area contributed by atoms with Gasteiger partial charge in [0.05, 0.1) is 4.92 Å². The zero-order chi connectivity index (χ0) is 14.4. The minimum Gasteiger partial charge on any atom is -0.385 e. The number of nitrogens with zero attached hydrogens (tertiary/aromatic N) is 3. The molecule has 0 aliphatic heterocycles. The molecule has 19 heavy (non-hydrogen) atoms. The number of rotatable bonds is 8. The number of ether oxygens (including phenoxy) is 1. The van der Waals surface area contributed by atoms with E-state index < -0.39 is 0 Å². The maximum atomic E-state index is 11.1. The van der Waals surface area contributed by atoms with Gasteiger partial charge in [-0.3, -0.25) is 10.1 Å². The molecule has 7 heteroatoms. The number of anilines is 1. The molecule has 1 atom stereocenters. The van der Waals surface area contributed by atoms with Crippen LogP contribution in [-0.2, 0) is 11.3 Å². The Morgan fingerprint density at radius 2 is 2.26 bits per heavy atom. The lowest BCUT2D eigenvalue weighted by Gasteiger charge is -2.15.